The number of nitrogens with zero attached hydrogens (tertiary/aromatic N) is 2. The molecule has 0 bridgehead atoms. The molecule has 0 aliphatic heterocycles. The van der Waals surface area contributed by atoms with Crippen LogP contribution >= 0.6 is 0 Å². The second-order valence-electron chi connectivity index (χ2n) is 4.47. The summed E-state index contributed by atoms with van der Waals surface area (Å²) in [7, 11) is 1.99. The number of carbonyl (C=O) groups excluding carboxylic acids is 2. The minimum atomic E-state index is -2.21. The Bertz CT molecular complexity index is 666. The Morgan fingerprint density at radius 1 is 1.35 bits per heavy atom. The summed E-state index contributed by atoms with van der Waals surface area (Å²) in [6, 6.07) is 4.23. The molecule has 0 amide bonds. The van der Waals surface area contributed by atoms with E-state index in [1.54, 1.807) is 6.07 Å². The molecule has 0 heterocycles. The third kappa shape index (κ3) is 3.26. The van der Waals surface area contributed by atoms with Crippen molar-refractivity contribution in [3.05, 3.63) is 39.7 Å². The zero-order chi connectivity index (χ0) is 17.6. The molecule has 0 unspecified atom stereocenters. The number of esters is 2. The summed E-state index contributed by atoms with van der Waals surface area (Å²) in [5, 5.41) is 19.4. The van der Waals surface area contributed by atoms with Crippen molar-refractivity contribution in [3.8, 4) is 6.07 Å². The number of hydrogen-bond donors (Lipinski definition) is 0. The molecule has 0 N–H and O–H groups in total. The van der Waals surface area contributed by atoms with Crippen molar-refractivity contribution in [2.45, 2.75) is 18.3 Å². The van der Waals surface area contributed by atoms with Crippen LogP contribution in [-0.4, -0.2) is 31.1 Å². The van der Waals surface area contributed by atoms with Crippen LogP contribution in [0.2, 0.25) is 0 Å². The van der Waals surface area contributed by atoms with Crippen LogP contribution in [0.3, 0.4) is 0 Å². The average molecular weight is 324 g/mol. The lowest BCUT2D eigenvalue weighted by Crippen LogP contribution is -2.46. The van der Waals surface area contributed by atoms with Crippen LogP contribution in [0.15, 0.2) is 18.2 Å². The first-order chi connectivity index (χ1) is 10.8. The predicted octanol–water partition coefficient (Wildman–Crippen LogP) is 1.62. The molecule has 0 aliphatic carbocycles. The largest absolute Gasteiger partial charge is 0.468 e. The van der Waals surface area contributed by atoms with Gasteiger partial charge in [0, 0.05) is 18.1 Å². The molecule has 8 nitrogen and oxygen atoms in total. The predicted molar refractivity (Wildman–Crippen MR) is 73.6 cm³/mol. The van der Waals surface area contributed by atoms with E-state index in [0.29, 0.717) is 6.07 Å². The first-order valence-corrected chi connectivity index (χ1v) is 6.33. The first kappa shape index (κ1) is 18.0. The number of nitriles is 1. The average Bonchev–Trinajstić information content (AvgIpc) is 2.55. The van der Waals surface area contributed by atoms with Crippen LogP contribution in [0.5, 0.6) is 0 Å². The van der Waals surface area contributed by atoms with E-state index < -0.39 is 45.8 Å². The van der Waals surface area contributed by atoms with E-state index in [4.69, 9.17) is 5.26 Å². The number of halogens is 1. The highest BCUT2D eigenvalue weighted by atomic mass is 19.1. The van der Waals surface area contributed by atoms with Gasteiger partial charge in [-0.3, -0.25) is 19.7 Å². The van der Waals surface area contributed by atoms with Gasteiger partial charge in [0.25, 0.3) is 5.69 Å². The second-order valence-corrected chi connectivity index (χ2v) is 4.47. The van der Waals surface area contributed by atoms with Gasteiger partial charge in [0.2, 0.25) is 0 Å². The molecule has 1 aromatic carbocycles. The van der Waals surface area contributed by atoms with Crippen LogP contribution in [-0.2, 0) is 24.5 Å². The molecule has 0 saturated heterocycles. The van der Waals surface area contributed by atoms with Crippen LogP contribution < -0.4 is 0 Å². The molecule has 1 aromatic rings. The Hall–Kier alpha value is -3.02. The van der Waals surface area contributed by atoms with Crippen molar-refractivity contribution < 1.29 is 28.4 Å². The van der Waals surface area contributed by atoms with Crippen molar-refractivity contribution in [2.75, 3.05) is 14.2 Å². The highest BCUT2D eigenvalue weighted by molar-refractivity contribution is 6.06. The number of nitro groups is 1. The maximum absolute atomic E-state index is 14.3. The minimum Gasteiger partial charge on any atom is -0.468 e. The molecule has 0 spiro atoms. The fourth-order valence-electron chi connectivity index (χ4n) is 2.20. The molecule has 9 heteroatoms. The number of ether oxygens (including phenoxy) is 2. The normalized spacial score (nSPS) is 10.5. The van der Waals surface area contributed by atoms with E-state index in [-0.39, 0.29) is 6.42 Å². The number of rotatable bonds is 6. The summed E-state index contributed by atoms with van der Waals surface area (Å²) < 4.78 is 23.5. The van der Waals surface area contributed by atoms with Crippen molar-refractivity contribution >= 4 is 17.6 Å². The van der Waals surface area contributed by atoms with E-state index >= 15 is 0 Å². The van der Waals surface area contributed by atoms with Crippen LogP contribution in [0, 0.1) is 27.3 Å². The summed E-state index contributed by atoms with van der Waals surface area (Å²) >= 11 is 0. The Labute approximate surface area is 130 Å². The maximum atomic E-state index is 14.3. The fourth-order valence-corrected chi connectivity index (χ4v) is 2.20. The van der Waals surface area contributed by atoms with Gasteiger partial charge >= 0.3 is 11.9 Å². The molecule has 0 aromatic heterocycles. The summed E-state index contributed by atoms with van der Waals surface area (Å²) in [5.74, 6) is -3.38. The Kier molecular flexibility index (Phi) is 5.73. The van der Waals surface area contributed by atoms with Crippen molar-refractivity contribution in [2.24, 2.45) is 0 Å². The van der Waals surface area contributed by atoms with Crippen LogP contribution in [0.1, 0.15) is 18.4 Å². The molecule has 1 rings (SSSR count). The van der Waals surface area contributed by atoms with Gasteiger partial charge in [0.15, 0.2) is 5.41 Å². The van der Waals surface area contributed by atoms with Gasteiger partial charge < -0.3 is 9.47 Å². The molecule has 0 saturated carbocycles. The highest BCUT2D eigenvalue weighted by Gasteiger charge is 2.51. The van der Waals surface area contributed by atoms with Gasteiger partial charge in [0.1, 0.15) is 5.82 Å². The zero-order valence-corrected chi connectivity index (χ0v) is 12.4. The molecular formula is C14H13FN2O6. The standard InChI is InChI=1S/C14H13FN2O6/c1-22-12(18)14(6-3-7-16,13(19)23-2)10-5-4-9(17(20)21)8-11(10)15/h4-5,8H,3,6H2,1-2H3. The molecule has 0 aliphatic rings. The van der Waals surface area contributed by atoms with Crippen molar-refractivity contribution in [3.63, 3.8) is 0 Å². The highest BCUT2D eigenvalue weighted by Crippen LogP contribution is 2.35. The van der Waals surface area contributed by atoms with Gasteiger partial charge in [-0.05, 0) is 12.5 Å². The van der Waals surface area contributed by atoms with Gasteiger partial charge in [0.05, 0.1) is 31.3 Å². The van der Waals surface area contributed by atoms with Gasteiger partial charge in [-0.15, -0.1) is 0 Å². The monoisotopic (exact) mass is 324 g/mol. The first-order valence-electron chi connectivity index (χ1n) is 6.33. The minimum absolute atomic E-state index is 0.263. The molecule has 122 valence electrons. The second kappa shape index (κ2) is 7.31. The third-order valence-corrected chi connectivity index (χ3v) is 3.30. The lowest BCUT2D eigenvalue weighted by Gasteiger charge is -2.28. The number of hydrogen-bond acceptors (Lipinski definition) is 7. The van der Waals surface area contributed by atoms with E-state index in [2.05, 4.69) is 9.47 Å². The van der Waals surface area contributed by atoms with Gasteiger partial charge in [-0.1, -0.05) is 0 Å². The Morgan fingerprint density at radius 2 is 1.91 bits per heavy atom. The lowest BCUT2D eigenvalue weighted by atomic mass is 9.76. The van der Waals surface area contributed by atoms with E-state index in [0.717, 1.165) is 26.4 Å². The number of non-ortho nitro benzene ring substituents is 1. The molecule has 0 fully saturated rings. The third-order valence-electron chi connectivity index (χ3n) is 3.30. The van der Waals surface area contributed by atoms with Gasteiger partial charge in [-0.2, -0.15) is 5.26 Å². The van der Waals surface area contributed by atoms with Crippen molar-refractivity contribution in [1.82, 2.24) is 0 Å². The zero-order valence-electron chi connectivity index (χ0n) is 12.4. The van der Waals surface area contributed by atoms with Crippen LogP contribution in [0.25, 0.3) is 0 Å². The Balaban J connectivity index is 3.62. The Morgan fingerprint density at radius 3 is 2.30 bits per heavy atom. The van der Waals surface area contributed by atoms with Crippen molar-refractivity contribution in [1.29, 1.82) is 5.26 Å². The quantitative estimate of drug-likeness (QED) is 0.337. The van der Waals surface area contributed by atoms with Crippen LogP contribution in [0.4, 0.5) is 10.1 Å². The summed E-state index contributed by atoms with van der Waals surface area (Å²) in [5.41, 5.74) is -3.20. The smallest absolute Gasteiger partial charge is 0.327 e. The number of benzene rings is 1. The molecular weight excluding hydrogens is 311 g/mol. The number of carbonyl (C=O) groups is 2. The number of methoxy groups -OCH3 is 2. The summed E-state index contributed by atoms with van der Waals surface area (Å²) in [6.07, 6.45) is -0.655. The summed E-state index contributed by atoms with van der Waals surface area (Å²) in [4.78, 5) is 34.2. The van der Waals surface area contributed by atoms with E-state index in [9.17, 15) is 24.1 Å². The lowest BCUT2D eigenvalue weighted by molar-refractivity contribution is -0.385. The SMILES string of the molecule is COC(=O)C(CCC#N)(C(=O)OC)c1ccc([N+](=O)[O-])cc1F. The van der Waals surface area contributed by atoms with E-state index in [1.165, 1.54) is 0 Å². The number of nitro benzene ring substituents is 1. The fraction of sp³-hybridized carbons (Fsp3) is 0.357. The molecule has 23 heavy (non-hydrogen) atoms. The topological polar surface area (TPSA) is 120 Å². The molecule has 0 atom stereocenters. The maximum Gasteiger partial charge on any atom is 0.327 e. The van der Waals surface area contributed by atoms with E-state index in [1.807, 2.05) is 0 Å². The summed E-state index contributed by atoms with van der Waals surface area (Å²) in [6.45, 7) is 0. The van der Waals surface area contributed by atoms with Gasteiger partial charge in [-0.25, -0.2) is 4.39 Å². The molecule has 0 radical (unpaired) electrons.